The Balaban J connectivity index is 3.12. The minimum atomic E-state index is -4.45. The minimum Gasteiger partial charge on any atom is -0.341 e. The van der Waals surface area contributed by atoms with Crippen LogP contribution in [-0.2, 0) is 6.18 Å². The molecule has 0 heterocycles. The number of halogens is 5. The second-order valence-corrected chi connectivity index (χ2v) is 5.26. The van der Waals surface area contributed by atoms with Crippen LogP contribution in [0.3, 0.4) is 0 Å². The maximum absolute atomic E-state index is 12.6. The van der Waals surface area contributed by atoms with Crippen LogP contribution in [0.15, 0.2) is 22.7 Å². The predicted octanol–water partition coefficient (Wildman–Crippen LogP) is 3.93. The van der Waals surface area contributed by atoms with Crippen LogP contribution in [0.25, 0.3) is 0 Å². The lowest BCUT2D eigenvalue weighted by molar-refractivity contribution is -0.137. The number of hydrogen-bond acceptors (Lipinski definition) is 1. The molecule has 0 spiro atoms. The molecule has 1 aromatic rings. The predicted molar refractivity (Wildman–Crippen MR) is 69.9 cm³/mol. The van der Waals surface area contributed by atoms with Crippen LogP contribution in [0, 0.1) is 0 Å². The van der Waals surface area contributed by atoms with Crippen molar-refractivity contribution >= 4 is 37.8 Å². The topological polar surface area (TPSA) is 20.3 Å². The van der Waals surface area contributed by atoms with Crippen LogP contribution in [0.2, 0.25) is 0 Å². The number of carbonyl (C=O) groups excluding carboxylic acids is 1. The van der Waals surface area contributed by atoms with Gasteiger partial charge in [0.1, 0.15) is 0 Å². The van der Waals surface area contributed by atoms with E-state index in [1.807, 2.05) is 0 Å². The average molecular weight is 389 g/mol. The monoisotopic (exact) mass is 387 g/mol. The van der Waals surface area contributed by atoms with E-state index in [9.17, 15) is 18.0 Å². The Labute approximate surface area is 119 Å². The first-order valence-electron chi connectivity index (χ1n) is 4.95. The van der Waals surface area contributed by atoms with Crippen LogP contribution >= 0.6 is 31.9 Å². The molecule has 0 aliphatic carbocycles. The van der Waals surface area contributed by atoms with E-state index in [-0.39, 0.29) is 5.56 Å². The molecule has 0 bridgehead atoms. The average Bonchev–Trinajstić information content (AvgIpc) is 2.27. The van der Waals surface area contributed by atoms with Crippen molar-refractivity contribution < 1.29 is 18.0 Å². The standard InChI is InChI=1S/C11H10Br2F3NO/c1-17(5-4-12)10(18)8-6-7(11(14,15)16)2-3-9(8)13/h2-3,6H,4-5H2,1H3. The smallest absolute Gasteiger partial charge is 0.341 e. The number of rotatable bonds is 3. The van der Waals surface area contributed by atoms with Crippen molar-refractivity contribution in [2.24, 2.45) is 0 Å². The molecule has 0 atom stereocenters. The van der Waals surface area contributed by atoms with Crippen molar-refractivity contribution in [1.29, 1.82) is 0 Å². The van der Waals surface area contributed by atoms with Gasteiger partial charge in [0, 0.05) is 23.4 Å². The van der Waals surface area contributed by atoms with Crippen LogP contribution in [-0.4, -0.2) is 29.7 Å². The summed E-state index contributed by atoms with van der Waals surface area (Å²) in [6, 6.07) is 3.03. The number of hydrogen-bond donors (Lipinski definition) is 0. The van der Waals surface area contributed by atoms with Crippen molar-refractivity contribution in [2.45, 2.75) is 6.18 Å². The maximum atomic E-state index is 12.6. The third kappa shape index (κ3) is 3.71. The van der Waals surface area contributed by atoms with Crippen LogP contribution in [0.4, 0.5) is 13.2 Å². The molecule has 18 heavy (non-hydrogen) atoms. The van der Waals surface area contributed by atoms with E-state index >= 15 is 0 Å². The Hall–Kier alpha value is -0.560. The van der Waals surface area contributed by atoms with E-state index in [0.717, 1.165) is 12.1 Å². The third-order valence-electron chi connectivity index (χ3n) is 2.29. The molecule has 0 aliphatic rings. The quantitative estimate of drug-likeness (QED) is 0.718. The second-order valence-electron chi connectivity index (χ2n) is 3.61. The van der Waals surface area contributed by atoms with Gasteiger partial charge in [0.25, 0.3) is 5.91 Å². The fraction of sp³-hybridized carbons (Fsp3) is 0.364. The van der Waals surface area contributed by atoms with Gasteiger partial charge in [-0.2, -0.15) is 13.2 Å². The molecule has 0 saturated carbocycles. The van der Waals surface area contributed by atoms with Gasteiger partial charge >= 0.3 is 6.18 Å². The van der Waals surface area contributed by atoms with Crippen molar-refractivity contribution in [3.05, 3.63) is 33.8 Å². The Kier molecular flexibility index (Phi) is 5.21. The van der Waals surface area contributed by atoms with Gasteiger partial charge in [0.15, 0.2) is 0 Å². The highest BCUT2D eigenvalue weighted by Crippen LogP contribution is 2.32. The maximum Gasteiger partial charge on any atom is 0.416 e. The molecule has 0 N–H and O–H groups in total. The van der Waals surface area contributed by atoms with Gasteiger partial charge in [0.05, 0.1) is 11.1 Å². The van der Waals surface area contributed by atoms with Crippen LogP contribution in [0.5, 0.6) is 0 Å². The summed E-state index contributed by atoms with van der Waals surface area (Å²) in [6.45, 7) is 0.418. The number of nitrogens with zero attached hydrogens (tertiary/aromatic N) is 1. The Morgan fingerprint density at radius 2 is 2.00 bits per heavy atom. The highest BCUT2D eigenvalue weighted by Gasteiger charge is 2.31. The molecule has 2 nitrogen and oxygen atoms in total. The van der Waals surface area contributed by atoms with Gasteiger partial charge in [0.2, 0.25) is 0 Å². The molecule has 0 saturated heterocycles. The molecule has 7 heteroatoms. The molecule has 100 valence electrons. The van der Waals surface area contributed by atoms with E-state index < -0.39 is 17.6 Å². The van der Waals surface area contributed by atoms with Crippen molar-refractivity contribution in [3.8, 4) is 0 Å². The highest BCUT2D eigenvalue weighted by atomic mass is 79.9. The van der Waals surface area contributed by atoms with Gasteiger partial charge in [-0.15, -0.1) is 0 Å². The lowest BCUT2D eigenvalue weighted by Gasteiger charge is -2.17. The minimum absolute atomic E-state index is 0.00766. The van der Waals surface area contributed by atoms with Gasteiger partial charge < -0.3 is 4.90 Å². The van der Waals surface area contributed by atoms with Gasteiger partial charge in [-0.05, 0) is 34.1 Å². The summed E-state index contributed by atoms with van der Waals surface area (Å²) in [5.74, 6) is -0.451. The first-order chi connectivity index (χ1) is 8.27. The molecule has 1 amide bonds. The number of amides is 1. The second kappa shape index (κ2) is 6.06. The molecular formula is C11H10Br2F3NO. The number of benzene rings is 1. The van der Waals surface area contributed by atoms with Crippen molar-refractivity contribution in [2.75, 3.05) is 18.9 Å². The number of alkyl halides is 4. The Morgan fingerprint density at radius 3 is 2.50 bits per heavy atom. The summed E-state index contributed by atoms with van der Waals surface area (Å²) in [5, 5.41) is 0.561. The molecule has 0 aliphatic heterocycles. The van der Waals surface area contributed by atoms with E-state index in [1.165, 1.54) is 18.0 Å². The van der Waals surface area contributed by atoms with E-state index in [1.54, 1.807) is 0 Å². The summed E-state index contributed by atoms with van der Waals surface area (Å²) in [6.07, 6.45) is -4.45. The van der Waals surface area contributed by atoms with Gasteiger partial charge in [-0.25, -0.2) is 0 Å². The molecule has 0 unspecified atom stereocenters. The first kappa shape index (κ1) is 15.5. The van der Waals surface area contributed by atoms with Gasteiger partial charge in [-0.3, -0.25) is 4.79 Å². The van der Waals surface area contributed by atoms with Crippen molar-refractivity contribution in [3.63, 3.8) is 0 Å². The lowest BCUT2D eigenvalue weighted by atomic mass is 10.1. The number of carbonyl (C=O) groups is 1. The fourth-order valence-electron chi connectivity index (χ4n) is 1.30. The molecule has 0 fully saturated rings. The van der Waals surface area contributed by atoms with E-state index in [4.69, 9.17) is 0 Å². The third-order valence-corrected chi connectivity index (χ3v) is 3.34. The zero-order valence-electron chi connectivity index (χ0n) is 9.39. The zero-order valence-corrected chi connectivity index (χ0v) is 12.6. The van der Waals surface area contributed by atoms with E-state index in [0.29, 0.717) is 16.3 Å². The molecule has 0 aromatic heterocycles. The Bertz CT molecular complexity index is 448. The molecule has 0 radical (unpaired) electrons. The zero-order chi connectivity index (χ0) is 13.9. The summed E-state index contributed by atoms with van der Waals surface area (Å²) in [5.41, 5.74) is -0.824. The SMILES string of the molecule is CN(CCBr)C(=O)c1cc(C(F)(F)F)ccc1Br. The summed E-state index contributed by atoms with van der Waals surface area (Å²) in [4.78, 5) is 13.3. The normalized spacial score (nSPS) is 11.4. The lowest BCUT2D eigenvalue weighted by Crippen LogP contribution is -2.29. The molecular weight excluding hydrogens is 379 g/mol. The summed E-state index contributed by atoms with van der Waals surface area (Å²) < 4.78 is 38.0. The van der Waals surface area contributed by atoms with Crippen molar-refractivity contribution in [1.82, 2.24) is 4.90 Å². The van der Waals surface area contributed by atoms with Gasteiger partial charge in [-0.1, -0.05) is 15.9 Å². The fourth-order valence-corrected chi connectivity index (χ4v) is 2.25. The van der Waals surface area contributed by atoms with Crippen LogP contribution in [0.1, 0.15) is 15.9 Å². The summed E-state index contributed by atoms with van der Waals surface area (Å²) in [7, 11) is 1.54. The summed E-state index contributed by atoms with van der Waals surface area (Å²) >= 11 is 6.26. The first-order valence-corrected chi connectivity index (χ1v) is 6.87. The Morgan fingerprint density at radius 1 is 1.39 bits per heavy atom. The molecule has 1 rings (SSSR count). The molecule has 1 aromatic carbocycles. The van der Waals surface area contributed by atoms with Crippen LogP contribution < -0.4 is 0 Å². The van der Waals surface area contributed by atoms with E-state index in [2.05, 4.69) is 31.9 Å². The largest absolute Gasteiger partial charge is 0.416 e. The highest BCUT2D eigenvalue weighted by molar-refractivity contribution is 9.10.